The monoisotopic (exact) mass is 332 g/mol. The van der Waals surface area contributed by atoms with Gasteiger partial charge in [0, 0.05) is 33.1 Å². The Balaban J connectivity index is 1.87. The number of halogens is 1. The molecule has 1 amide bonds. The maximum Gasteiger partial charge on any atom is 0.292 e. The van der Waals surface area contributed by atoms with Crippen molar-refractivity contribution in [2.24, 2.45) is 0 Å². The van der Waals surface area contributed by atoms with Crippen molar-refractivity contribution in [2.45, 2.75) is 6.92 Å². The number of nitrogens with zero attached hydrogens (tertiary/aromatic N) is 4. The van der Waals surface area contributed by atoms with Gasteiger partial charge in [-0.25, -0.2) is 0 Å². The van der Waals surface area contributed by atoms with Crippen LogP contribution in [0.3, 0.4) is 0 Å². The fourth-order valence-corrected chi connectivity index (χ4v) is 2.91. The number of aromatic nitrogens is 2. The second-order valence-corrected chi connectivity index (χ2v) is 5.77. The first kappa shape index (κ1) is 15.6. The van der Waals surface area contributed by atoms with E-state index in [1.165, 1.54) is 4.68 Å². The maximum atomic E-state index is 12.5. The normalized spacial score (nSPS) is 14.9. The largest absolute Gasteiger partial charge is 0.365 e. The van der Waals surface area contributed by atoms with Gasteiger partial charge in [-0.2, -0.15) is 9.78 Å². The van der Waals surface area contributed by atoms with E-state index in [0.29, 0.717) is 37.6 Å². The van der Waals surface area contributed by atoms with Gasteiger partial charge in [0.2, 0.25) is 5.91 Å². The summed E-state index contributed by atoms with van der Waals surface area (Å²) in [4.78, 5) is 27.6. The molecular weight excluding hydrogens is 316 g/mol. The minimum absolute atomic E-state index is 0.0633. The quantitative estimate of drug-likeness (QED) is 0.837. The molecule has 7 heteroatoms. The van der Waals surface area contributed by atoms with E-state index in [1.54, 1.807) is 30.2 Å². The number of para-hydroxylation sites is 1. The van der Waals surface area contributed by atoms with Crippen LogP contribution in [0.5, 0.6) is 0 Å². The number of carbonyl (C=O) groups excluding carboxylic acids is 1. The fraction of sp³-hybridized carbons (Fsp3) is 0.312. The molecule has 23 heavy (non-hydrogen) atoms. The highest BCUT2D eigenvalue weighted by atomic mass is 35.5. The van der Waals surface area contributed by atoms with E-state index in [1.807, 2.05) is 23.1 Å². The highest BCUT2D eigenvalue weighted by Crippen LogP contribution is 2.23. The van der Waals surface area contributed by atoms with Crippen LogP contribution in [0, 0.1) is 0 Å². The van der Waals surface area contributed by atoms with Crippen molar-refractivity contribution < 1.29 is 4.79 Å². The molecule has 0 N–H and O–H groups in total. The van der Waals surface area contributed by atoms with Crippen LogP contribution < -0.4 is 10.5 Å². The van der Waals surface area contributed by atoms with Crippen LogP contribution in [0.1, 0.15) is 6.92 Å². The summed E-state index contributed by atoms with van der Waals surface area (Å²) in [5.41, 5.74) is 0.948. The first-order valence-electron chi connectivity index (χ1n) is 7.41. The zero-order valence-electron chi connectivity index (χ0n) is 12.8. The lowest BCUT2D eigenvalue weighted by molar-refractivity contribution is -0.129. The number of benzene rings is 1. The molecule has 0 aliphatic carbocycles. The van der Waals surface area contributed by atoms with Gasteiger partial charge in [-0.1, -0.05) is 29.8 Å². The Bertz CT molecular complexity index is 767. The van der Waals surface area contributed by atoms with Crippen LogP contribution >= 0.6 is 11.6 Å². The van der Waals surface area contributed by atoms with Gasteiger partial charge in [0.1, 0.15) is 5.02 Å². The second kappa shape index (κ2) is 6.42. The van der Waals surface area contributed by atoms with Crippen molar-refractivity contribution in [3.8, 4) is 5.69 Å². The van der Waals surface area contributed by atoms with E-state index in [2.05, 4.69) is 5.10 Å². The number of amides is 1. The van der Waals surface area contributed by atoms with Crippen molar-refractivity contribution in [1.29, 1.82) is 0 Å². The first-order chi connectivity index (χ1) is 11.1. The summed E-state index contributed by atoms with van der Waals surface area (Å²) in [6.07, 6.45) is 1.61. The van der Waals surface area contributed by atoms with E-state index in [4.69, 9.17) is 11.6 Å². The molecule has 0 atom stereocenters. The van der Waals surface area contributed by atoms with Crippen molar-refractivity contribution in [1.82, 2.24) is 14.7 Å². The summed E-state index contributed by atoms with van der Waals surface area (Å²) in [7, 11) is 0. The van der Waals surface area contributed by atoms with Gasteiger partial charge in [-0.3, -0.25) is 9.59 Å². The Hall–Kier alpha value is -2.34. The average Bonchev–Trinajstić information content (AvgIpc) is 2.58. The van der Waals surface area contributed by atoms with Gasteiger partial charge < -0.3 is 9.80 Å². The van der Waals surface area contributed by atoms with Gasteiger partial charge >= 0.3 is 0 Å². The van der Waals surface area contributed by atoms with Gasteiger partial charge in [0.15, 0.2) is 0 Å². The van der Waals surface area contributed by atoms with Crippen LogP contribution in [0.4, 0.5) is 5.69 Å². The standard InChI is InChI=1S/C16H17ClN4O2/c1-12(22)19-7-9-20(10-8-19)14-11-18-21(16(23)15(14)17)13-5-3-2-4-6-13/h2-6,11H,7-10H2,1H3. The molecule has 2 aromatic rings. The molecule has 1 aromatic carbocycles. The Labute approximate surface area is 138 Å². The lowest BCUT2D eigenvalue weighted by atomic mass is 10.2. The average molecular weight is 333 g/mol. The Morgan fingerprint density at radius 2 is 1.78 bits per heavy atom. The van der Waals surface area contributed by atoms with E-state index < -0.39 is 0 Å². The van der Waals surface area contributed by atoms with Gasteiger partial charge in [-0.15, -0.1) is 0 Å². The first-order valence-corrected chi connectivity index (χ1v) is 7.79. The summed E-state index contributed by atoms with van der Waals surface area (Å²) in [6.45, 7) is 4.07. The van der Waals surface area contributed by atoms with Gasteiger partial charge in [0.25, 0.3) is 5.56 Å². The number of rotatable bonds is 2. The molecule has 120 valence electrons. The second-order valence-electron chi connectivity index (χ2n) is 5.39. The van der Waals surface area contributed by atoms with Gasteiger partial charge in [-0.05, 0) is 12.1 Å². The van der Waals surface area contributed by atoms with E-state index in [0.717, 1.165) is 0 Å². The fourth-order valence-electron chi connectivity index (χ4n) is 2.66. The predicted molar refractivity (Wildman–Crippen MR) is 89.3 cm³/mol. The van der Waals surface area contributed by atoms with Crippen molar-refractivity contribution in [3.63, 3.8) is 0 Å². The lowest BCUT2D eigenvalue weighted by Gasteiger charge is -2.35. The SMILES string of the molecule is CC(=O)N1CCN(c2cnn(-c3ccccc3)c(=O)c2Cl)CC1. The molecular formula is C16H17ClN4O2. The van der Waals surface area contributed by atoms with Crippen molar-refractivity contribution >= 4 is 23.2 Å². The van der Waals surface area contributed by atoms with E-state index in [-0.39, 0.29) is 16.5 Å². The zero-order valence-corrected chi connectivity index (χ0v) is 13.5. The number of carbonyl (C=O) groups is 1. The third-order valence-corrected chi connectivity index (χ3v) is 4.32. The predicted octanol–water partition coefficient (Wildman–Crippen LogP) is 1.55. The Morgan fingerprint density at radius 3 is 2.39 bits per heavy atom. The molecule has 1 aromatic heterocycles. The number of hydrogen-bond donors (Lipinski definition) is 0. The molecule has 0 unspecified atom stereocenters. The van der Waals surface area contributed by atoms with Gasteiger partial charge in [0.05, 0.1) is 17.6 Å². The highest BCUT2D eigenvalue weighted by Gasteiger charge is 2.22. The Morgan fingerprint density at radius 1 is 1.13 bits per heavy atom. The third-order valence-electron chi connectivity index (χ3n) is 3.97. The van der Waals surface area contributed by atoms with E-state index in [9.17, 15) is 9.59 Å². The number of piperazine rings is 1. The third kappa shape index (κ3) is 3.07. The minimum Gasteiger partial charge on any atom is -0.365 e. The molecule has 1 aliphatic rings. The van der Waals surface area contributed by atoms with Crippen LogP contribution in [0.2, 0.25) is 5.02 Å². The molecule has 1 aliphatic heterocycles. The van der Waals surface area contributed by atoms with Crippen LogP contribution in [-0.2, 0) is 4.79 Å². The summed E-state index contributed by atoms with van der Waals surface area (Å²) in [5, 5.41) is 4.39. The lowest BCUT2D eigenvalue weighted by Crippen LogP contribution is -2.48. The summed E-state index contributed by atoms with van der Waals surface area (Å²) >= 11 is 6.28. The molecule has 1 saturated heterocycles. The molecule has 1 fully saturated rings. The minimum atomic E-state index is -0.343. The highest BCUT2D eigenvalue weighted by molar-refractivity contribution is 6.33. The van der Waals surface area contributed by atoms with Crippen LogP contribution in [0.15, 0.2) is 41.3 Å². The smallest absolute Gasteiger partial charge is 0.292 e. The molecule has 3 rings (SSSR count). The topological polar surface area (TPSA) is 58.4 Å². The van der Waals surface area contributed by atoms with Crippen LogP contribution in [0.25, 0.3) is 5.69 Å². The summed E-state index contributed by atoms with van der Waals surface area (Å²) in [6, 6.07) is 9.16. The van der Waals surface area contributed by atoms with E-state index >= 15 is 0 Å². The van der Waals surface area contributed by atoms with Crippen molar-refractivity contribution in [3.05, 3.63) is 51.9 Å². The molecule has 6 nitrogen and oxygen atoms in total. The molecule has 2 heterocycles. The molecule has 0 radical (unpaired) electrons. The molecule has 0 saturated carbocycles. The molecule has 0 bridgehead atoms. The van der Waals surface area contributed by atoms with Crippen LogP contribution in [-0.4, -0.2) is 46.8 Å². The van der Waals surface area contributed by atoms with Crippen molar-refractivity contribution in [2.75, 3.05) is 31.1 Å². The summed E-state index contributed by atoms with van der Waals surface area (Å²) in [5.74, 6) is 0.0633. The summed E-state index contributed by atoms with van der Waals surface area (Å²) < 4.78 is 1.29. The number of hydrogen-bond acceptors (Lipinski definition) is 4. The molecule has 0 spiro atoms. The number of anilines is 1. The zero-order chi connectivity index (χ0) is 16.4. The Kier molecular flexibility index (Phi) is 4.34. The maximum absolute atomic E-state index is 12.5.